The molecule has 1 unspecified atom stereocenters. The fraction of sp³-hybridized carbons (Fsp3) is 0.211. The minimum Gasteiger partial charge on any atom is -0.465 e. The van der Waals surface area contributed by atoms with Crippen LogP contribution in [-0.4, -0.2) is 12.6 Å². The van der Waals surface area contributed by atoms with Gasteiger partial charge < -0.3 is 13.9 Å². The predicted octanol–water partition coefficient (Wildman–Crippen LogP) is 3.14. The molecule has 0 bridgehead atoms. The van der Waals surface area contributed by atoms with Crippen LogP contribution >= 0.6 is 0 Å². The second-order valence-electron chi connectivity index (χ2n) is 5.39. The van der Waals surface area contributed by atoms with E-state index in [2.05, 4.69) is 0 Å². The van der Waals surface area contributed by atoms with Crippen molar-refractivity contribution in [2.75, 3.05) is 6.61 Å². The smallest absolute Gasteiger partial charge is 0.347 e. The van der Waals surface area contributed by atoms with Crippen molar-refractivity contribution in [3.63, 3.8) is 0 Å². The van der Waals surface area contributed by atoms with Crippen molar-refractivity contribution in [1.82, 2.24) is 0 Å². The van der Waals surface area contributed by atoms with Crippen molar-refractivity contribution in [3.05, 3.63) is 64.2 Å². The molecule has 1 aromatic carbocycles. The molecule has 0 spiro atoms. The number of nitrogens with zero attached hydrogens (tertiary/aromatic N) is 1. The average molecular weight is 337 g/mol. The minimum atomic E-state index is -0.769. The first kappa shape index (κ1) is 16.5. The highest BCUT2D eigenvalue weighted by Gasteiger charge is 2.28. The van der Waals surface area contributed by atoms with Crippen LogP contribution in [-0.2, 0) is 14.3 Å². The predicted molar refractivity (Wildman–Crippen MR) is 90.0 cm³/mol. The number of esters is 1. The monoisotopic (exact) mass is 337 g/mol. The normalized spacial score (nSPS) is 16.4. The standard InChI is InChI=1S/C19H15NO5/c1-2-23-18(21)14-10-17(24-11-13(14)7-8-20)15-9-12-5-3-4-6-16(12)25-19(15)22/h3-6,9-11,14H,2,7H2,1H3. The molecule has 25 heavy (non-hydrogen) atoms. The number of ether oxygens (including phenoxy) is 2. The quantitative estimate of drug-likeness (QED) is 0.629. The van der Waals surface area contributed by atoms with E-state index in [4.69, 9.17) is 19.2 Å². The maximum atomic E-state index is 12.3. The third-order valence-electron chi connectivity index (χ3n) is 3.79. The van der Waals surface area contributed by atoms with Gasteiger partial charge in [-0.1, -0.05) is 18.2 Å². The lowest BCUT2D eigenvalue weighted by Crippen LogP contribution is -2.22. The molecule has 6 heteroatoms. The molecule has 3 rings (SSSR count). The van der Waals surface area contributed by atoms with Gasteiger partial charge in [-0.15, -0.1) is 0 Å². The van der Waals surface area contributed by atoms with E-state index in [-0.39, 0.29) is 24.4 Å². The zero-order valence-electron chi connectivity index (χ0n) is 13.5. The lowest BCUT2D eigenvalue weighted by molar-refractivity contribution is -0.145. The highest BCUT2D eigenvalue weighted by atomic mass is 16.5. The second kappa shape index (κ2) is 7.05. The van der Waals surface area contributed by atoms with Gasteiger partial charge in [0.2, 0.25) is 0 Å². The number of benzene rings is 1. The molecule has 0 amide bonds. The Morgan fingerprint density at radius 1 is 1.36 bits per heavy atom. The summed E-state index contributed by atoms with van der Waals surface area (Å²) in [4.78, 5) is 24.4. The van der Waals surface area contributed by atoms with Crippen molar-refractivity contribution in [2.24, 2.45) is 5.92 Å². The molecule has 0 fully saturated rings. The van der Waals surface area contributed by atoms with Crippen LogP contribution in [0.2, 0.25) is 0 Å². The lowest BCUT2D eigenvalue weighted by Gasteiger charge is -2.20. The molecule has 0 aliphatic carbocycles. The summed E-state index contributed by atoms with van der Waals surface area (Å²) in [5.41, 5.74) is 0.593. The van der Waals surface area contributed by atoms with Gasteiger partial charge in [0, 0.05) is 5.39 Å². The summed E-state index contributed by atoms with van der Waals surface area (Å²) in [5.74, 6) is -1.05. The molecular weight excluding hydrogens is 322 g/mol. The van der Waals surface area contributed by atoms with Crippen LogP contribution in [0.3, 0.4) is 0 Å². The first-order valence-corrected chi connectivity index (χ1v) is 7.78. The number of carbonyl (C=O) groups is 1. The third kappa shape index (κ3) is 3.31. The molecule has 0 N–H and O–H groups in total. The average Bonchev–Trinajstić information content (AvgIpc) is 2.62. The van der Waals surface area contributed by atoms with Gasteiger partial charge >= 0.3 is 11.6 Å². The summed E-state index contributed by atoms with van der Waals surface area (Å²) >= 11 is 0. The van der Waals surface area contributed by atoms with Crippen molar-refractivity contribution >= 4 is 22.7 Å². The molecule has 2 aromatic rings. The summed E-state index contributed by atoms with van der Waals surface area (Å²) < 4.78 is 15.8. The summed E-state index contributed by atoms with van der Waals surface area (Å²) in [6, 6.07) is 10.7. The van der Waals surface area contributed by atoms with E-state index >= 15 is 0 Å². The zero-order valence-corrected chi connectivity index (χ0v) is 13.5. The molecule has 0 radical (unpaired) electrons. The Labute approximate surface area is 143 Å². The Balaban J connectivity index is 2.04. The summed E-state index contributed by atoms with van der Waals surface area (Å²) in [7, 11) is 0. The van der Waals surface area contributed by atoms with Crippen LogP contribution in [0.25, 0.3) is 16.7 Å². The molecule has 2 heterocycles. The Morgan fingerprint density at radius 2 is 2.16 bits per heavy atom. The van der Waals surface area contributed by atoms with Gasteiger partial charge in [-0.05, 0) is 30.7 Å². The van der Waals surface area contributed by atoms with Gasteiger partial charge in [0.1, 0.15) is 22.8 Å². The number of fused-ring (bicyclic) bond motifs is 1. The van der Waals surface area contributed by atoms with E-state index in [1.165, 1.54) is 12.3 Å². The molecule has 0 saturated carbocycles. The number of para-hydroxylation sites is 1. The number of hydrogen-bond acceptors (Lipinski definition) is 6. The summed E-state index contributed by atoms with van der Waals surface area (Å²) in [5, 5.41) is 9.65. The zero-order chi connectivity index (χ0) is 17.8. The lowest BCUT2D eigenvalue weighted by atomic mass is 9.94. The van der Waals surface area contributed by atoms with Crippen LogP contribution < -0.4 is 5.63 Å². The number of rotatable bonds is 4. The molecule has 1 atom stereocenters. The van der Waals surface area contributed by atoms with E-state index in [0.29, 0.717) is 11.2 Å². The summed E-state index contributed by atoms with van der Waals surface area (Å²) in [6.07, 6.45) is 2.85. The van der Waals surface area contributed by atoms with Crippen molar-refractivity contribution in [1.29, 1.82) is 5.26 Å². The molecular formula is C19H15NO5. The minimum absolute atomic E-state index is 0.0274. The molecule has 1 aliphatic heterocycles. The van der Waals surface area contributed by atoms with Gasteiger partial charge in [-0.3, -0.25) is 4.79 Å². The van der Waals surface area contributed by atoms with Gasteiger partial charge in [0.05, 0.1) is 25.4 Å². The fourth-order valence-electron chi connectivity index (χ4n) is 2.59. The van der Waals surface area contributed by atoms with Crippen molar-refractivity contribution in [2.45, 2.75) is 13.3 Å². The molecule has 126 valence electrons. The number of nitriles is 1. The van der Waals surface area contributed by atoms with Crippen molar-refractivity contribution in [3.8, 4) is 6.07 Å². The highest BCUT2D eigenvalue weighted by molar-refractivity contribution is 5.83. The molecule has 1 aromatic heterocycles. The topological polar surface area (TPSA) is 89.5 Å². The SMILES string of the molecule is CCOC(=O)C1C=C(c2cc3ccccc3oc2=O)OC=C1CC#N. The van der Waals surface area contributed by atoms with E-state index in [9.17, 15) is 9.59 Å². The molecule has 6 nitrogen and oxygen atoms in total. The molecule has 0 saturated heterocycles. The van der Waals surface area contributed by atoms with Crippen molar-refractivity contribution < 1.29 is 18.7 Å². The third-order valence-corrected chi connectivity index (χ3v) is 3.79. The Bertz CT molecular complexity index is 977. The molecule has 1 aliphatic rings. The van der Waals surface area contributed by atoms with Gasteiger partial charge in [0.15, 0.2) is 0 Å². The Kier molecular flexibility index (Phi) is 4.66. The van der Waals surface area contributed by atoms with Gasteiger partial charge in [-0.2, -0.15) is 5.26 Å². The number of carbonyl (C=O) groups excluding carboxylic acids is 1. The second-order valence-corrected chi connectivity index (χ2v) is 5.39. The van der Waals surface area contributed by atoms with Crippen LogP contribution in [0.1, 0.15) is 18.9 Å². The van der Waals surface area contributed by atoms with Crippen LogP contribution in [0.15, 0.2) is 57.5 Å². The fourth-order valence-corrected chi connectivity index (χ4v) is 2.59. The van der Waals surface area contributed by atoms with E-state index < -0.39 is 17.5 Å². The van der Waals surface area contributed by atoms with Crippen LogP contribution in [0.4, 0.5) is 0 Å². The van der Waals surface area contributed by atoms with Gasteiger partial charge in [-0.25, -0.2) is 4.79 Å². The maximum absolute atomic E-state index is 12.3. The first-order chi connectivity index (χ1) is 12.1. The van der Waals surface area contributed by atoms with E-state index in [1.807, 2.05) is 18.2 Å². The Hall–Kier alpha value is -3.33. The van der Waals surface area contributed by atoms with E-state index in [0.717, 1.165) is 5.39 Å². The van der Waals surface area contributed by atoms with E-state index in [1.54, 1.807) is 25.1 Å². The van der Waals surface area contributed by atoms with Crippen LogP contribution in [0, 0.1) is 17.2 Å². The summed E-state index contributed by atoms with van der Waals surface area (Å²) in [6.45, 7) is 1.92. The van der Waals surface area contributed by atoms with Crippen LogP contribution in [0.5, 0.6) is 0 Å². The Morgan fingerprint density at radius 3 is 2.92 bits per heavy atom. The highest BCUT2D eigenvalue weighted by Crippen LogP contribution is 2.30. The van der Waals surface area contributed by atoms with Gasteiger partial charge in [0.25, 0.3) is 0 Å². The first-order valence-electron chi connectivity index (χ1n) is 7.78. The largest absolute Gasteiger partial charge is 0.465 e. The number of hydrogen-bond donors (Lipinski definition) is 0. The maximum Gasteiger partial charge on any atom is 0.347 e.